The summed E-state index contributed by atoms with van der Waals surface area (Å²) in [5.74, 6) is -0.294. The molecule has 0 saturated carbocycles. The lowest BCUT2D eigenvalue weighted by Gasteiger charge is -2.54. The normalized spacial score (nSPS) is 21.3. The molecule has 0 spiro atoms. The van der Waals surface area contributed by atoms with Crippen LogP contribution in [0.15, 0.2) is 11.8 Å². The Kier molecular flexibility index (Phi) is 6.01. The summed E-state index contributed by atoms with van der Waals surface area (Å²) in [6.45, 7) is 11.1. The van der Waals surface area contributed by atoms with E-state index in [1.807, 2.05) is 6.07 Å². The molecule has 1 aliphatic heterocycles. The van der Waals surface area contributed by atoms with Crippen molar-refractivity contribution in [2.24, 2.45) is 5.73 Å². The zero-order chi connectivity index (χ0) is 17.0. The highest BCUT2D eigenvalue weighted by Gasteiger charge is 2.43. The monoisotopic (exact) mass is 306 g/mol. The van der Waals surface area contributed by atoms with Gasteiger partial charge in [-0.15, -0.1) is 0 Å². The van der Waals surface area contributed by atoms with Crippen molar-refractivity contribution in [3.05, 3.63) is 11.8 Å². The first-order valence-corrected chi connectivity index (χ1v) is 8.09. The van der Waals surface area contributed by atoms with E-state index < -0.39 is 0 Å². The van der Waals surface area contributed by atoms with Crippen LogP contribution in [0.2, 0.25) is 0 Å². The molecule has 0 unspecified atom stereocenters. The summed E-state index contributed by atoms with van der Waals surface area (Å²) in [6, 6.07) is 2.18. The van der Waals surface area contributed by atoms with E-state index in [0.717, 1.165) is 25.7 Å². The number of amides is 1. The van der Waals surface area contributed by atoms with E-state index in [1.165, 1.54) is 0 Å². The first kappa shape index (κ1) is 18.5. The van der Waals surface area contributed by atoms with E-state index in [4.69, 9.17) is 5.73 Å². The van der Waals surface area contributed by atoms with Gasteiger partial charge in [-0.05, 0) is 47.0 Å². The zero-order valence-corrected chi connectivity index (χ0v) is 14.6. The van der Waals surface area contributed by atoms with Gasteiger partial charge in [0.05, 0.1) is 0 Å². The van der Waals surface area contributed by atoms with Crippen molar-refractivity contribution in [3.63, 3.8) is 0 Å². The summed E-state index contributed by atoms with van der Waals surface area (Å²) in [4.78, 5) is 14.3. The molecule has 0 aromatic carbocycles. The maximum Gasteiger partial charge on any atom is 0.263 e. The molecule has 1 heterocycles. The number of nitrogens with two attached hydrogens (primary N) is 1. The van der Waals surface area contributed by atoms with Gasteiger partial charge in [0.1, 0.15) is 11.6 Å². The van der Waals surface area contributed by atoms with Gasteiger partial charge in [-0.2, -0.15) is 5.26 Å². The smallest absolute Gasteiger partial charge is 0.263 e. The first-order chi connectivity index (χ1) is 10.1. The van der Waals surface area contributed by atoms with E-state index in [1.54, 1.807) is 6.20 Å². The number of nitriles is 1. The fraction of sp³-hybridized carbons (Fsp3) is 0.765. The Balaban J connectivity index is 2.99. The molecule has 22 heavy (non-hydrogen) atoms. The van der Waals surface area contributed by atoms with Gasteiger partial charge in [0, 0.05) is 29.9 Å². The van der Waals surface area contributed by atoms with E-state index in [0.29, 0.717) is 6.54 Å². The molecule has 0 aromatic heterocycles. The summed E-state index contributed by atoms with van der Waals surface area (Å²) in [6.07, 6.45) is 5.31. The van der Waals surface area contributed by atoms with E-state index in [9.17, 15) is 10.1 Å². The van der Waals surface area contributed by atoms with Crippen molar-refractivity contribution in [3.8, 4) is 6.07 Å². The Morgan fingerprint density at radius 2 is 1.91 bits per heavy atom. The number of unbranched alkanes of at least 4 members (excludes halogenated alkanes) is 1. The van der Waals surface area contributed by atoms with Crippen LogP contribution in [0.4, 0.5) is 0 Å². The average molecular weight is 306 g/mol. The van der Waals surface area contributed by atoms with Gasteiger partial charge in [0.2, 0.25) is 0 Å². The first-order valence-electron chi connectivity index (χ1n) is 8.09. The third-order valence-electron chi connectivity index (χ3n) is 4.27. The largest absolute Gasteiger partial charge is 0.366 e. The maximum absolute atomic E-state index is 12.2. The predicted molar refractivity (Wildman–Crippen MR) is 88.8 cm³/mol. The lowest BCUT2D eigenvalue weighted by atomic mass is 9.77. The fourth-order valence-electron chi connectivity index (χ4n) is 3.46. The molecule has 3 N–H and O–H groups in total. The molecule has 0 atom stereocenters. The van der Waals surface area contributed by atoms with Gasteiger partial charge in [-0.1, -0.05) is 13.3 Å². The molecule has 5 heteroatoms. The third-order valence-corrected chi connectivity index (χ3v) is 4.27. The van der Waals surface area contributed by atoms with Crippen LogP contribution in [0, 0.1) is 11.3 Å². The lowest BCUT2D eigenvalue weighted by molar-refractivity contribution is -0.117. The van der Waals surface area contributed by atoms with Gasteiger partial charge in [-0.3, -0.25) is 4.79 Å². The molecule has 1 amide bonds. The second-order valence-electron chi connectivity index (χ2n) is 7.43. The summed E-state index contributed by atoms with van der Waals surface area (Å²) in [5, 5.41) is 12.2. The summed E-state index contributed by atoms with van der Waals surface area (Å²) >= 11 is 0. The number of likely N-dealkylation sites (tertiary alicyclic amines) is 1. The molecule has 124 valence electrons. The number of piperidine rings is 1. The van der Waals surface area contributed by atoms with Gasteiger partial charge < -0.3 is 16.0 Å². The third kappa shape index (κ3) is 4.48. The fourth-order valence-corrected chi connectivity index (χ4v) is 3.46. The number of nitrogens with zero attached hydrogens (tertiary/aromatic N) is 2. The van der Waals surface area contributed by atoms with Crippen LogP contribution in [-0.4, -0.2) is 34.5 Å². The summed E-state index contributed by atoms with van der Waals surface area (Å²) in [5.41, 5.74) is 5.95. The molecule has 0 radical (unpaired) electrons. The van der Waals surface area contributed by atoms with E-state index in [-0.39, 0.29) is 28.6 Å². The number of hydrogen-bond acceptors (Lipinski definition) is 4. The van der Waals surface area contributed by atoms with Crippen LogP contribution in [0.3, 0.4) is 0 Å². The minimum Gasteiger partial charge on any atom is -0.366 e. The molecule has 0 aromatic rings. The Morgan fingerprint density at radius 3 is 2.36 bits per heavy atom. The number of nitrogens with one attached hydrogen (secondary N) is 1. The molecular weight excluding hydrogens is 276 g/mol. The van der Waals surface area contributed by atoms with Crippen molar-refractivity contribution >= 4 is 5.91 Å². The molecular formula is C17H30N4O. The van der Waals surface area contributed by atoms with Crippen molar-refractivity contribution in [2.75, 3.05) is 6.54 Å². The Bertz CT molecular complexity index is 456. The molecule has 0 aliphatic carbocycles. The molecule has 1 rings (SSSR count). The highest BCUT2D eigenvalue weighted by atomic mass is 16.1. The number of hydrogen-bond donors (Lipinski definition) is 2. The number of carbonyl (C=O) groups is 1. The summed E-state index contributed by atoms with van der Waals surface area (Å²) < 4.78 is 0. The summed E-state index contributed by atoms with van der Waals surface area (Å²) in [7, 11) is 0. The minimum atomic E-state index is -0.294. The van der Waals surface area contributed by atoms with Crippen LogP contribution in [0.5, 0.6) is 0 Å². The highest BCUT2D eigenvalue weighted by Crippen LogP contribution is 2.38. The SMILES string of the molecule is CCCCNC(=O)/C(C#N)=C\N1C(C)(C)CC(N)CC1(C)C. The molecule has 1 aliphatic rings. The molecule has 0 bridgehead atoms. The second kappa shape index (κ2) is 7.15. The van der Waals surface area contributed by atoms with Crippen LogP contribution in [-0.2, 0) is 4.79 Å². The van der Waals surface area contributed by atoms with Crippen molar-refractivity contribution in [1.82, 2.24) is 10.2 Å². The standard InChI is InChI=1S/C17H30N4O/c1-6-7-8-20-15(22)13(11-18)12-21-16(2,3)9-14(19)10-17(21,4)5/h12,14H,6-10,19H2,1-5H3,(H,20,22)/b13-12-. The van der Waals surface area contributed by atoms with Gasteiger partial charge in [0.15, 0.2) is 0 Å². The van der Waals surface area contributed by atoms with Gasteiger partial charge in [0.25, 0.3) is 5.91 Å². The van der Waals surface area contributed by atoms with Crippen molar-refractivity contribution in [1.29, 1.82) is 5.26 Å². The molecule has 5 nitrogen and oxygen atoms in total. The number of rotatable bonds is 5. The van der Waals surface area contributed by atoms with Crippen LogP contribution in [0.1, 0.15) is 60.3 Å². The van der Waals surface area contributed by atoms with Crippen LogP contribution in [0.25, 0.3) is 0 Å². The lowest BCUT2D eigenvalue weighted by Crippen LogP contribution is -2.61. The van der Waals surface area contributed by atoms with Crippen molar-refractivity contribution in [2.45, 2.75) is 77.4 Å². The van der Waals surface area contributed by atoms with Gasteiger partial charge >= 0.3 is 0 Å². The zero-order valence-electron chi connectivity index (χ0n) is 14.6. The maximum atomic E-state index is 12.2. The van der Waals surface area contributed by atoms with E-state index >= 15 is 0 Å². The number of carbonyl (C=O) groups excluding carboxylic acids is 1. The molecule has 1 saturated heterocycles. The average Bonchev–Trinajstić information content (AvgIpc) is 2.36. The Labute approximate surface area is 134 Å². The highest BCUT2D eigenvalue weighted by molar-refractivity contribution is 5.97. The van der Waals surface area contributed by atoms with Crippen LogP contribution < -0.4 is 11.1 Å². The van der Waals surface area contributed by atoms with Crippen LogP contribution >= 0.6 is 0 Å². The topological polar surface area (TPSA) is 82.2 Å². The second-order valence-corrected chi connectivity index (χ2v) is 7.43. The van der Waals surface area contributed by atoms with Crippen molar-refractivity contribution < 1.29 is 4.79 Å². The van der Waals surface area contributed by atoms with E-state index in [2.05, 4.69) is 44.8 Å². The predicted octanol–water partition coefficient (Wildman–Crippen LogP) is 2.29. The Morgan fingerprint density at radius 1 is 1.36 bits per heavy atom. The minimum absolute atomic E-state index is 0.138. The molecule has 1 fully saturated rings. The quantitative estimate of drug-likeness (QED) is 0.464. The Hall–Kier alpha value is -1.54. The van der Waals surface area contributed by atoms with Gasteiger partial charge in [-0.25, -0.2) is 0 Å².